The van der Waals surface area contributed by atoms with Crippen LogP contribution in [-0.2, 0) is 12.0 Å². The van der Waals surface area contributed by atoms with Crippen LogP contribution in [0.4, 0.5) is 0 Å². The van der Waals surface area contributed by atoms with Crippen LogP contribution in [0.1, 0.15) is 50.3 Å². The van der Waals surface area contributed by atoms with Gasteiger partial charge in [-0.2, -0.15) is 0 Å². The number of aromatic carboxylic acids is 1. The average Bonchev–Trinajstić information content (AvgIpc) is 2.76. The molecular formula is C15H20N2O2. The summed E-state index contributed by atoms with van der Waals surface area (Å²) in [5, 5.41) is 9.05. The van der Waals surface area contributed by atoms with Crippen LogP contribution in [0.3, 0.4) is 0 Å². The Morgan fingerprint density at radius 3 is 2.58 bits per heavy atom. The van der Waals surface area contributed by atoms with Crippen molar-refractivity contribution in [3.8, 4) is 0 Å². The van der Waals surface area contributed by atoms with Gasteiger partial charge in [-0.15, -0.1) is 0 Å². The van der Waals surface area contributed by atoms with Crippen LogP contribution in [0.2, 0.25) is 0 Å². The highest BCUT2D eigenvalue weighted by molar-refractivity contribution is 5.92. The topological polar surface area (TPSA) is 55.1 Å². The van der Waals surface area contributed by atoms with Crippen molar-refractivity contribution >= 4 is 17.0 Å². The molecule has 19 heavy (non-hydrogen) atoms. The first-order valence-electron chi connectivity index (χ1n) is 6.66. The van der Waals surface area contributed by atoms with Crippen molar-refractivity contribution in [2.45, 2.75) is 46.1 Å². The van der Waals surface area contributed by atoms with Gasteiger partial charge in [-0.25, -0.2) is 9.78 Å². The van der Waals surface area contributed by atoms with Gasteiger partial charge in [0, 0.05) is 12.0 Å². The van der Waals surface area contributed by atoms with E-state index in [1.807, 2.05) is 6.07 Å². The van der Waals surface area contributed by atoms with Crippen molar-refractivity contribution in [2.75, 3.05) is 0 Å². The zero-order valence-corrected chi connectivity index (χ0v) is 11.9. The van der Waals surface area contributed by atoms with Gasteiger partial charge in [-0.1, -0.05) is 13.8 Å². The van der Waals surface area contributed by atoms with Crippen LogP contribution in [0.25, 0.3) is 11.0 Å². The van der Waals surface area contributed by atoms with Crippen LogP contribution < -0.4 is 0 Å². The molecule has 0 saturated carbocycles. The van der Waals surface area contributed by atoms with Crippen molar-refractivity contribution in [2.24, 2.45) is 0 Å². The maximum Gasteiger partial charge on any atom is 0.335 e. The van der Waals surface area contributed by atoms with Crippen molar-refractivity contribution in [3.63, 3.8) is 0 Å². The van der Waals surface area contributed by atoms with Gasteiger partial charge in [0.1, 0.15) is 5.82 Å². The zero-order chi connectivity index (χ0) is 14.2. The molecule has 0 amide bonds. The van der Waals surface area contributed by atoms with Crippen LogP contribution in [0.15, 0.2) is 18.2 Å². The van der Waals surface area contributed by atoms with E-state index >= 15 is 0 Å². The molecule has 0 aliphatic carbocycles. The minimum absolute atomic E-state index is 0.0230. The van der Waals surface area contributed by atoms with Crippen molar-refractivity contribution in [3.05, 3.63) is 29.6 Å². The number of hydrogen-bond donors (Lipinski definition) is 1. The van der Waals surface area contributed by atoms with Crippen molar-refractivity contribution in [1.29, 1.82) is 0 Å². The summed E-state index contributed by atoms with van der Waals surface area (Å²) in [6, 6.07) is 5.16. The number of carboxylic acid groups (broad SMARTS) is 1. The van der Waals surface area contributed by atoms with E-state index in [4.69, 9.17) is 5.11 Å². The Hall–Kier alpha value is -1.84. The Labute approximate surface area is 113 Å². The van der Waals surface area contributed by atoms with Crippen LogP contribution in [-0.4, -0.2) is 20.6 Å². The third kappa shape index (κ3) is 2.23. The molecule has 2 aromatic rings. The molecular weight excluding hydrogens is 240 g/mol. The predicted molar refractivity (Wildman–Crippen MR) is 75.7 cm³/mol. The first-order chi connectivity index (χ1) is 8.90. The van der Waals surface area contributed by atoms with Gasteiger partial charge < -0.3 is 9.67 Å². The number of carbonyl (C=O) groups is 1. The number of fused-ring (bicyclic) bond motifs is 1. The van der Waals surface area contributed by atoms with E-state index in [0.29, 0.717) is 0 Å². The highest BCUT2D eigenvalue weighted by Crippen LogP contribution is 2.28. The third-order valence-electron chi connectivity index (χ3n) is 3.76. The number of hydrogen-bond acceptors (Lipinski definition) is 2. The molecule has 0 aliphatic rings. The fraction of sp³-hybridized carbons (Fsp3) is 0.467. The first kappa shape index (κ1) is 13.6. The van der Waals surface area contributed by atoms with Crippen LogP contribution in [0.5, 0.6) is 0 Å². The lowest BCUT2D eigenvalue weighted by atomic mass is 10.0. The van der Waals surface area contributed by atoms with Crippen LogP contribution in [0, 0.1) is 0 Å². The molecule has 1 heterocycles. The van der Waals surface area contributed by atoms with Gasteiger partial charge in [-0.05, 0) is 38.5 Å². The molecule has 1 aromatic heterocycles. The normalized spacial score (nSPS) is 12.0. The summed E-state index contributed by atoms with van der Waals surface area (Å²) in [7, 11) is 0. The van der Waals surface area contributed by atoms with Gasteiger partial charge in [0.2, 0.25) is 0 Å². The molecule has 0 bridgehead atoms. The van der Waals surface area contributed by atoms with E-state index in [-0.39, 0.29) is 11.1 Å². The molecule has 1 aromatic carbocycles. The fourth-order valence-corrected chi connectivity index (χ4v) is 2.33. The molecule has 0 fully saturated rings. The minimum atomic E-state index is -0.913. The quantitative estimate of drug-likeness (QED) is 0.916. The molecule has 0 aliphatic heterocycles. The predicted octanol–water partition coefficient (Wildman–Crippen LogP) is 3.44. The Balaban J connectivity index is 2.73. The number of rotatable bonds is 4. The summed E-state index contributed by atoms with van der Waals surface area (Å²) >= 11 is 0. The standard InChI is InChI=1S/C15H20N2O2/c1-5-13-16-11-9-10(14(18)19)7-8-12(11)17(13)15(3,4)6-2/h7-9H,5-6H2,1-4H3,(H,18,19). The zero-order valence-electron chi connectivity index (χ0n) is 11.9. The monoisotopic (exact) mass is 260 g/mol. The molecule has 0 atom stereocenters. The highest BCUT2D eigenvalue weighted by atomic mass is 16.4. The van der Waals surface area contributed by atoms with Gasteiger partial charge in [0.05, 0.1) is 16.6 Å². The maximum absolute atomic E-state index is 11.0. The molecule has 4 heteroatoms. The van der Waals surface area contributed by atoms with Crippen molar-refractivity contribution < 1.29 is 9.90 Å². The largest absolute Gasteiger partial charge is 0.478 e. The lowest BCUT2D eigenvalue weighted by Crippen LogP contribution is -2.27. The fourth-order valence-electron chi connectivity index (χ4n) is 2.33. The second-order valence-corrected chi connectivity index (χ2v) is 5.39. The Morgan fingerprint density at radius 2 is 2.05 bits per heavy atom. The van der Waals surface area contributed by atoms with Gasteiger partial charge in [0.15, 0.2) is 0 Å². The minimum Gasteiger partial charge on any atom is -0.478 e. The van der Waals surface area contributed by atoms with Crippen molar-refractivity contribution in [1.82, 2.24) is 9.55 Å². The summed E-state index contributed by atoms with van der Waals surface area (Å²) in [5.41, 5.74) is 2.03. The van der Waals surface area contributed by atoms with E-state index in [1.54, 1.807) is 12.1 Å². The summed E-state index contributed by atoms with van der Waals surface area (Å²) in [6.45, 7) is 8.58. The van der Waals surface area contributed by atoms with Gasteiger partial charge >= 0.3 is 5.97 Å². The maximum atomic E-state index is 11.0. The molecule has 0 unspecified atom stereocenters. The van der Waals surface area contributed by atoms with E-state index < -0.39 is 5.97 Å². The molecule has 0 saturated heterocycles. The van der Waals surface area contributed by atoms with Crippen LogP contribution >= 0.6 is 0 Å². The molecule has 1 N–H and O–H groups in total. The lowest BCUT2D eigenvalue weighted by Gasteiger charge is -2.28. The number of aromatic nitrogens is 2. The summed E-state index contributed by atoms with van der Waals surface area (Å²) in [5.74, 6) is 0.0913. The molecule has 2 rings (SSSR count). The molecule has 4 nitrogen and oxygen atoms in total. The number of nitrogens with zero attached hydrogens (tertiary/aromatic N) is 2. The summed E-state index contributed by atoms with van der Waals surface area (Å²) < 4.78 is 2.23. The smallest absolute Gasteiger partial charge is 0.335 e. The Bertz CT molecular complexity index is 626. The van der Waals surface area contributed by atoms with E-state index in [1.165, 1.54) is 0 Å². The number of imidazole rings is 1. The number of carboxylic acids is 1. The number of aryl methyl sites for hydroxylation is 1. The van der Waals surface area contributed by atoms with Gasteiger partial charge in [-0.3, -0.25) is 0 Å². The van der Waals surface area contributed by atoms with E-state index in [2.05, 4.69) is 37.2 Å². The van der Waals surface area contributed by atoms with E-state index in [9.17, 15) is 4.79 Å². The third-order valence-corrected chi connectivity index (χ3v) is 3.76. The summed E-state index contributed by atoms with van der Waals surface area (Å²) in [6.07, 6.45) is 1.83. The second-order valence-electron chi connectivity index (χ2n) is 5.39. The highest BCUT2D eigenvalue weighted by Gasteiger charge is 2.23. The first-order valence-corrected chi connectivity index (χ1v) is 6.66. The van der Waals surface area contributed by atoms with E-state index in [0.717, 1.165) is 29.7 Å². The van der Waals surface area contributed by atoms with Gasteiger partial charge in [0.25, 0.3) is 0 Å². The Morgan fingerprint density at radius 1 is 1.37 bits per heavy atom. The average molecular weight is 260 g/mol. The second kappa shape index (κ2) is 4.68. The molecule has 102 valence electrons. The SMILES string of the molecule is CCc1nc2cc(C(=O)O)ccc2n1C(C)(C)CC. The Kier molecular flexibility index (Phi) is 3.35. The molecule has 0 radical (unpaired) electrons. The molecule has 0 spiro atoms. The lowest BCUT2D eigenvalue weighted by molar-refractivity contribution is 0.0697. The number of benzene rings is 1. The summed E-state index contributed by atoms with van der Waals surface area (Å²) in [4.78, 5) is 15.6.